The van der Waals surface area contributed by atoms with Crippen LogP contribution >= 0.6 is 11.6 Å². The van der Waals surface area contributed by atoms with E-state index in [0.29, 0.717) is 24.4 Å². The molecule has 1 aliphatic rings. The number of benzene rings is 2. The average molecular weight is 429 g/mol. The molecule has 152 valence electrons. The van der Waals surface area contributed by atoms with Crippen molar-refractivity contribution in [3.05, 3.63) is 87.6 Å². The normalized spacial score (nSPS) is 16.2. The van der Waals surface area contributed by atoms with E-state index >= 15 is 0 Å². The van der Waals surface area contributed by atoms with E-state index in [0.717, 1.165) is 28.4 Å². The Kier molecular flexibility index (Phi) is 4.43. The second-order valence-electron chi connectivity index (χ2n) is 7.33. The Hall–Kier alpha value is -3.06. The van der Waals surface area contributed by atoms with Crippen LogP contribution in [0.3, 0.4) is 0 Å². The summed E-state index contributed by atoms with van der Waals surface area (Å²) in [5, 5.41) is 0.905. The summed E-state index contributed by atoms with van der Waals surface area (Å²) in [5.74, 6) is -0.960. The number of halogens is 4. The third-order valence-electron chi connectivity index (χ3n) is 5.52. The summed E-state index contributed by atoms with van der Waals surface area (Å²) in [5.41, 5.74) is 3.52. The SMILES string of the molecule is Cc1nc(N2CCc3c([nH]c4cc(F)c(Cl)cc34)C2c2ccc(F)cc2)ncc1F. The Labute approximate surface area is 175 Å². The molecule has 4 aromatic rings. The van der Waals surface area contributed by atoms with Gasteiger partial charge in [-0.25, -0.2) is 23.1 Å². The lowest BCUT2D eigenvalue weighted by Crippen LogP contribution is -2.37. The zero-order valence-corrected chi connectivity index (χ0v) is 16.6. The Morgan fingerprint density at radius 2 is 1.87 bits per heavy atom. The average Bonchev–Trinajstić information content (AvgIpc) is 3.08. The topological polar surface area (TPSA) is 44.8 Å². The minimum absolute atomic E-state index is 0.0579. The number of aryl methyl sites for hydroxylation is 1. The zero-order chi connectivity index (χ0) is 21.0. The van der Waals surface area contributed by atoms with Gasteiger partial charge in [-0.15, -0.1) is 0 Å². The van der Waals surface area contributed by atoms with Gasteiger partial charge in [0.2, 0.25) is 5.95 Å². The van der Waals surface area contributed by atoms with Gasteiger partial charge < -0.3 is 9.88 Å². The molecule has 1 aliphatic heterocycles. The van der Waals surface area contributed by atoms with Gasteiger partial charge in [-0.1, -0.05) is 23.7 Å². The third kappa shape index (κ3) is 3.01. The van der Waals surface area contributed by atoms with E-state index in [4.69, 9.17) is 11.6 Å². The van der Waals surface area contributed by atoms with Crippen LogP contribution in [0.1, 0.15) is 28.6 Å². The maximum atomic E-state index is 14.0. The molecule has 2 aromatic heterocycles. The van der Waals surface area contributed by atoms with Crippen LogP contribution in [0.4, 0.5) is 19.1 Å². The number of nitrogens with one attached hydrogen (secondary N) is 1. The first-order valence-corrected chi connectivity index (χ1v) is 9.81. The third-order valence-corrected chi connectivity index (χ3v) is 5.81. The number of aromatic nitrogens is 3. The van der Waals surface area contributed by atoms with Gasteiger partial charge in [0.05, 0.1) is 23.0 Å². The van der Waals surface area contributed by atoms with Gasteiger partial charge in [0.1, 0.15) is 11.6 Å². The van der Waals surface area contributed by atoms with Crippen LogP contribution in [0.5, 0.6) is 0 Å². The number of nitrogens with zero attached hydrogens (tertiary/aromatic N) is 3. The van der Waals surface area contributed by atoms with Crippen molar-refractivity contribution in [2.45, 2.75) is 19.4 Å². The molecule has 8 heteroatoms. The molecule has 5 rings (SSSR count). The summed E-state index contributed by atoms with van der Waals surface area (Å²) in [6.07, 6.45) is 1.78. The van der Waals surface area contributed by atoms with Crippen LogP contribution in [0.2, 0.25) is 5.02 Å². The fourth-order valence-corrected chi connectivity index (χ4v) is 4.23. The molecule has 2 aromatic carbocycles. The van der Waals surface area contributed by atoms with E-state index < -0.39 is 11.6 Å². The highest BCUT2D eigenvalue weighted by atomic mass is 35.5. The minimum Gasteiger partial charge on any atom is -0.356 e. The maximum absolute atomic E-state index is 14.0. The zero-order valence-electron chi connectivity index (χ0n) is 15.9. The summed E-state index contributed by atoms with van der Waals surface area (Å²) < 4.78 is 41.4. The lowest BCUT2D eigenvalue weighted by molar-refractivity contribution is 0.585. The second-order valence-corrected chi connectivity index (χ2v) is 7.74. The van der Waals surface area contributed by atoms with Crippen LogP contribution in [0.15, 0.2) is 42.6 Å². The van der Waals surface area contributed by atoms with Gasteiger partial charge in [0, 0.05) is 23.1 Å². The first-order valence-electron chi connectivity index (χ1n) is 9.43. The van der Waals surface area contributed by atoms with Crippen LogP contribution in [-0.4, -0.2) is 21.5 Å². The summed E-state index contributed by atoms with van der Waals surface area (Å²) in [4.78, 5) is 13.7. The van der Waals surface area contributed by atoms with Crippen LogP contribution in [-0.2, 0) is 6.42 Å². The second kappa shape index (κ2) is 7.02. The predicted molar refractivity (Wildman–Crippen MR) is 109 cm³/mol. The van der Waals surface area contributed by atoms with Crippen molar-refractivity contribution < 1.29 is 13.2 Å². The summed E-state index contributed by atoms with van der Waals surface area (Å²) >= 11 is 6.02. The van der Waals surface area contributed by atoms with E-state index in [9.17, 15) is 13.2 Å². The van der Waals surface area contributed by atoms with E-state index in [1.807, 2.05) is 4.90 Å². The highest BCUT2D eigenvalue weighted by Crippen LogP contribution is 2.40. The fourth-order valence-electron chi connectivity index (χ4n) is 4.07. The van der Waals surface area contributed by atoms with Crippen molar-refractivity contribution >= 4 is 28.5 Å². The first-order chi connectivity index (χ1) is 14.4. The van der Waals surface area contributed by atoms with Crippen LogP contribution < -0.4 is 4.90 Å². The quantitative estimate of drug-likeness (QED) is 0.459. The molecule has 0 amide bonds. The molecule has 0 bridgehead atoms. The number of hydrogen-bond acceptors (Lipinski definition) is 3. The van der Waals surface area contributed by atoms with Gasteiger partial charge >= 0.3 is 0 Å². The van der Waals surface area contributed by atoms with Crippen molar-refractivity contribution in [3.8, 4) is 0 Å². The molecule has 0 radical (unpaired) electrons. The highest BCUT2D eigenvalue weighted by molar-refractivity contribution is 6.31. The molecule has 0 spiro atoms. The molecule has 3 heterocycles. The molecule has 0 saturated heterocycles. The standard InChI is InChI=1S/C22H16ClF3N4/c1-11-18(26)10-27-22(28-11)30-7-6-14-15-8-16(23)17(25)9-19(15)29-20(14)21(30)12-2-4-13(24)5-3-12/h2-5,8-10,21,29H,6-7H2,1H3. The van der Waals surface area contributed by atoms with E-state index in [-0.39, 0.29) is 22.6 Å². The van der Waals surface area contributed by atoms with Gasteiger partial charge in [0.25, 0.3) is 0 Å². The van der Waals surface area contributed by atoms with E-state index in [1.165, 1.54) is 18.2 Å². The molecule has 1 atom stereocenters. The largest absolute Gasteiger partial charge is 0.356 e. The number of aromatic amines is 1. The Morgan fingerprint density at radius 3 is 2.60 bits per heavy atom. The minimum atomic E-state index is -0.504. The van der Waals surface area contributed by atoms with Crippen molar-refractivity contribution in [1.29, 1.82) is 0 Å². The molecule has 0 fully saturated rings. The fraction of sp³-hybridized carbons (Fsp3) is 0.182. The number of anilines is 1. The smallest absolute Gasteiger partial charge is 0.226 e. The molecule has 0 saturated carbocycles. The molecule has 4 nitrogen and oxygen atoms in total. The van der Waals surface area contributed by atoms with Crippen molar-refractivity contribution in [3.63, 3.8) is 0 Å². The van der Waals surface area contributed by atoms with Crippen molar-refractivity contribution in [2.75, 3.05) is 11.4 Å². The van der Waals surface area contributed by atoms with Gasteiger partial charge in [-0.3, -0.25) is 0 Å². The number of H-pyrrole nitrogens is 1. The Balaban J connectivity index is 1.72. The van der Waals surface area contributed by atoms with Crippen LogP contribution in [0.25, 0.3) is 10.9 Å². The Bertz CT molecular complexity index is 1270. The molecular formula is C22H16ClF3N4. The predicted octanol–water partition coefficient (Wildman–Crippen LogP) is 5.49. The Morgan fingerprint density at radius 1 is 1.10 bits per heavy atom. The molecular weight excluding hydrogens is 413 g/mol. The highest BCUT2D eigenvalue weighted by Gasteiger charge is 2.33. The summed E-state index contributed by atoms with van der Waals surface area (Å²) in [7, 11) is 0. The summed E-state index contributed by atoms with van der Waals surface area (Å²) in [6.45, 7) is 2.12. The number of fused-ring (bicyclic) bond motifs is 3. The van der Waals surface area contributed by atoms with Gasteiger partial charge in [-0.05, 0) is 48.7 Å². The lowest BCUT2D eigenvalue weighted by Gasteiger charge is -2.36. The van der Waals surface area contributed by atoms with Gasteiger partial charge in [0.15, 0.2) is 5.82 Å². The molecule has 1 N–H and O–H groups in total. The first kappa shape index (κ1) is 18.9. The maximum Gasteiger partial charge on any atom is 0.226 e. The lowest BCUT2D eigenvalue weighted by atomic mass is 9.92. The summed E-state index contributed by atoms with van der Waals surface area (Å²) in [6, 6.07) is 8.77. The van der Waals surface area contributed by atoms with E-state index in [2.05, 4.69) is 15.0 Å². The number of rotatable bonds is 2. The monoisotopic (exact) mass is 428 g/mol. The van der Waals surface area contributed by atoms with Crippen molar-refractivity contribution in [1.82, 2.24) is 15.0 Å². The van der Waals surface area contributed by atoms with Gasteiger partial charge in [-0.2, -0.15) is 0 Å². The molecule has 0 aliphatic carbocycles. The molecule has 1 unspecified atom stereocenters. The van der Waals surface area contributed by atoms with Crippen molar-refractivity contribution in [2.24, 2.45) is 0 Å². The number of hydrogen-bond donors (Lipinski definition) is 1. The van der Waals surface area contributed by atoms with E-state index in [1.54, 1.807) is 25.1 Å². The molecule has 30 heavy (non-hydrogen) atoms. The van der Waals surface area contributed by atoms with Crippen LogP contribution in [0, 0.1) is 24.4 Å².